The van der Waals surface area contributed by atoms with Gasteiger partial charge in [-0.3, -0.25) is 14.4 Å². The van der Waals surface area contributed by atoms with Crippen LogP contribution in [-0.4, -0.2) is 27.9 Å². The van der Waals surface area contributed by atoms with Gasteiger partial charge in [0, 0.05) is 25.7 Å². The first-order chi connectivity index (χ1) is 11.9. The minimum absolute atomic E-state index is 0.0168. The molecule has 0 aliphatic carbocycles. The number of Topliss-reactive ketones (excluding diaryl/α,β-unsaturated/α-hetero) is 1. The van der Waals surface area contributed by atoms with Crippen molar-refractivity contribution in [3.63, 3.8) is 0 Å². The van der Waals surface area contributed by atoms with Crippen LogP contribution >= 0.6 is 0 Å². The Bertz CT molecular complexity index is 411. The number of carboxylic acid groups (broad SMARTS) is 2. The van der Waals surface area contributed by atoms with Gasteiger partial charge in [-0.25, -0.2) is 0 Å². The molecule has 0 spiro atoms. The van der Waals surface area contributed by atoms with Crippen molar-refractivity contribution >= 4 is 17.7 Å². The topological polar surface area (TPSA) is 91.7 Å². The molecular formula is C21H38O5. The molecule has 0 aromatic carbocycles. The second-order valence-corrected chi connectivity index (χ2v) is 9.07. The van der Waals surface area contributed by atoms with E-state index >= 15 is 0 Å². The number of hydrogen-bond donors (Lipinski definition) is 2. The molecule has 0 aromatic heterocycles. The molecule has 26 heavy (non-hydrogen) atoms. The lowest BCUT2D eigenvalue weighted by molar-refractivity contribution is -0.138. The molecule has 5 heteroatoms. The van der Waals surface area contributed by atoms with E-state index in [0.29, 0.717) is 31.5 Å². The summed E-state index contributed by atoms with van der Waals surface area (Å²) in [7, 11) is 0. The Hall–Kier alpha value is -1.39. The molecule has 0 saturated carbocycles. The summed E-state index contributed by atoms with van der Waals surface area (Å²) in [5, 5.41) is 17.5. The first kappa shape index (κ1) is 24.6. The lowest BCUT2D eigenvalue weighted by Gasteiger charge is -2.23. The molecule has 0 unspecified atom stereocenters. The first-order valence-corrected chi connectivity index (χ1v) is 9.89. The summed E-state index contributed by atoms with van der Waals surface area (Å²) in [4.78, 5) is 33.3. The van der Waals surface area contributed by atoms with Crippen LogP contribution in [0.25, 0.3) is 0 Å². The molecule has 0 radical (unpaired) electrons. The van der Waals surface area contributed by atoms with Gasteiger partial charge in [0.1, 0.15) is 5.78 Å². The van der Waals surface area contributed by atoms with Gasteiger partial charge in [-0.15, -0.1) is 0 Å². The molecule has 0 atom stereocenters. The van der Waals surface area contributed by atoms with Crippen molar-refractivity contribution in [2.45, 2.75) is 105 Å². The van der Waals surface area contributed by atoms with E-state index in [0.717, 1.165) is 38.5 Å². The van der Waals surface area contributed by atoms with E-state index in [1.165, 1.54) is 0 Å². The van der Waals surface area contributed by atoms with Crippen molar-refractivity contribution in [1.82, 2.24) is 0 Å². The van der Waals surface area contributed by atoms with E-state index in [1.54, 1.807) is 0 Å². The van der Waals surface area contributed by atoms with E-state index in [1.807, 2.05) is 0 Å². The molecule has 0 aromatic rings. The number of carbonyl (C=O) groups is 3. The van der Waals surface area contributed by atoms with Crippen LogP contribution in [0.5, 0.6) is 0 Å². The summed E-state index contributed by atoms with van der Waals surface area (Å²) in [6.07, 6.45) is 8.54. The average Bonchev–Trinajstić information content (AvgIpc) is 2.52. The van der Waals surface area contributed by atoms with Crippen LogP contribution in [0.2, 0.25) is 0 Å². The first-order valence-electron chi connectivity index (χ1n) is 9.89. The molecular weight excluding hydrogens is 332 g/mol. The highest BCUT2D eigenvalue weighted by Gasteiger charge is 2.20. The van der Waals surface area contributed by atoms with Crippen LogP contribution in [0.4, 0.5) is 0 Å². The molecule has 0 heterocycles. The smallest absolute Gasteiger partial charge is 0.303 e. The van der Waals surface area contributed by atoms with Gasteiger partial charge < -0.3 is 10.2 Å². The van der Waals surface area contributed by atoms with Gasteiger partial charge >= 0.3 is 11.9 Å². The SMILES string of the molecule is CC(C)(CCCCC(=O)CCCCC(C)(C)CCC(=O)O)CCC(=O)O. The van der Waals surface area contributed by atoms with Gasteiger partial charge in [-0.2, -0.15) is 0 Å². The van der Waals surface area contributed by atoms with Crippen LogP contribution in [0.3, 0.4) is 0 Å². The summed E-state index contributed by atoms with van der Waals surface area (Å²) in [6, 6.07) is 0. The second kappa shape index (κ2) is 12.1. The van der Waals surface area contributed by atoms with Crippen molar-refractivity contribution in [2.75, 3.05) is 0 Å². The summed E-state index contributed by atoms with van der Waals surface area (Å²) in [6.45, 7) is 8.35. The Morgan fingerprint density at radius 3 is 1.23 bits per heavy atom. The highest BCUT2D eigenvalue weighted by atomic mass is 16.4. The monoisotopic (exact) mass is 370 g/mol. The highest BCUT2D eigenvalue weighted by molar-refractivity contribution is 5.78. The van der Waals surface area contributed by atoms with Crippen molar-refractivity contribution < 1.29 is 24.6 Å². The highest BCUT2D eigenvalue weighted by Crippen LogP contribution is 2.30. The third kappa shape index (κ3) is 14.9. The number of carbonyl (C=O) groups excluding carboxylic acids is 1. The van der Waals surface area contributed by atoms with Gasteiger partial charge in [-0.1, -0.05) is 40.5 Å². The Balaban J connectivity index is 3.77. The number of aliphatic carboxylic acids is 2. The third-order valence-corrected chi connectivity index (χ3v) is 5.15. The van der Waals surface area contributed by atoms with Crippen LogP contribution in [0.1, 0.15) is 105 Å². The Kier molecular flexibility index (Phi) is 11.4. The van der Waals surface area contributed by atoms with Crippen LogP contribution in [-0.2, 0) is 14.4 Å². The molecule has 0 bridgehead atoms. The number of unbranched alkanes of at least 4 members (excludes halogenated alkanes) is 2. The number of ketones is 1. The van der Waals surface area contributed by atoms with Crippen molar-refractivity contribution in [3.8, 4) is 0 Å². The molecule has 0 amide bonds. The number of hydrogen-bond acceptors (Lipinski definition) is 3. The van der Waals surface area contributed by atoms with E-state index in [2.05, 4.69) is 27.7 Å². The Labute approximate surface area is 158 Å². The molecule has 0 fully saturated rings. The van der Waals surface area contributed by atoms with Crippen LogP contribution < -0.4 is 0 Å². The number of rotatable bonds is 16. The molecule has 0 aliphatic rings. The fraction of sp³-hybridized carbons (Fsp3) is 0.857. The Morgan fingerprint density at radius 2 is 0.923 bits per heavy atom. The predicted molar refractivity (Wildman–Crippen MR) is 103 cm³/mol. The maximum absolute atomic E-state index is 12.0. The van der Waals surface area contributed by atoms with Crippen molar-refractivity contribution in [1.29, 1.82) is 0 Å². The van der Waals surface area contributed by atoms with Crippen molar-refractivity contribution in [3.05, 3.63) is 0 Å². The quantitative estimate of drug-likeness (QED) is 0.352. The fourth-order valence-corrected chi connectivity index (χ4v) is 3.12. The zero-order valence-electron chi connectivity index (χ0n) is 17.1. The van der Waals surface area contributed by atoms with Gasteiger partial charge in [0.05, 0.1) is 0 Å². The largest absolute Gasteiger partial charge is 0.481 e. The Morgan fingerprint density at radius 1 is 0.577 bits per heavy atom. The zero-order valence-corrected chi connectivity index (χ0v) is 17.1. The average molecular weight is 371 g/mol. The van der Waals surface area contributed by atoms with Crippen molar-refractivity contribution in [2.24, 2.45) is 10.8 Å². The summed E-state index contributed by atoms with van der Waals surface area (Å²) < 4.78 is 0. The second-order valence-electron chi connectivity index (χ2n) is 9.07. The summed E-state index contributed by atoms with van der Waals surface area (Å²) in [5.41, 5.74) is 0.0337. The van der Waals surface area contributed by atoms with Gasteiger partial charge in [0.2, 0.25) is 0 Å². The van der Waals surface area contributed by atoms with E-state index in [4.69, 9.17) is 10.2 Å². The third-order valence-electron chi connectivity index (χ3n) is 5.15. The molecule has 0 rings (SSSR count). The molecule has 0 saturated heterocycles. The lowest BCUT2D eigenvalue weighted by atomic mass is 9.82. The zero-order chi connectivity index (χ0) is 20.2. The van der Waals surface area contributed by atoms with E-state index < -0.39 is 11.9 Å². The standard InChI is InChI=1S/C21H38O5/c1-20(2,15-11-18(23)24)13-7-5-9-17(22)10-6-8-14-21(3,4)16-12-19(25)26/h5-16H2,1-4H3,(H,23,24)(H,25,26). The molecule has 152 valence electrons. The van der Waals surface area contributed by atoms with Gasteiger partial charge in [0.15, 0.2) is 0 Å². The maximum Gasteiger partial charge on any atom is 0.303 e. The normalized spacial score (nSPS) is 12.2. The minimum atomic E-state index is -0.751. The van der Waals surface area contributed by atoms with Crippen LogP contribution in [0.15, 0.2) is 0 Å². The molecule has 5 nitrogen and oxygen atoms in total. The van der Waals surface area contributed by atoms with Gasteiger partial charge in [0.25, 0.3) is 0 Å². The number of carboxylic acids is 2. The van der Waals surface area contributed by atoms with Gasteiger partial charge in [-0.05, 0) is 49.4 Å². The summed E-state index contributed by atoms with van der Waals surface area (Å²) in [5.74, 6) is -1.20. The van der Waals surface area contributed by atoms with E-state index in [-0.39, 0.29) is 23.7 Å². The fourth-order valence-electron chi connectivity index (χ4n) is 3.12. The lowest BCUT2D eigenvalue weighted by Crippen LogP contribution is -2.14. The van der Waals surface area contributed by atoms with E-state index in [9.17, 15) is 14.4 Å². The maximum atomic E-state index is 12.0. The molecule has 0 aliphatic heterocycles. The van der Waals surface area contributed by atoms with Crippen LogP contribution in [0, 0.1) is 10.8 Å². The summed E-state index contributed by atoms with van der Waals surface area (Å²) >= 11 is 0. The molecule has 2 N–H and O–H groups in total. The minimum Gasteiger partial charge on any atom is -0.481 e. The predicted octanol–water partition coefficient (Wildman–Crippen LogP) is 5.46.